The Hall–Kier alpha value is -2.90. The highest BCUT2D eigenvalue weighted by molar-refractivity contribution is 5.99. The predicted octanol–water partition coefficient (Wildman–Crippen LogP) is 0.590. The number of rotatable bonds is 6. The molecule has 1 aromatic heterocycles. The molecule has 23 heavy (non-hydrogen) atoms. The molecule has 1 unspecified atom stereocenters. The van der Waals surface area contributed by atoms with Gasteiger partial charge in [-0.05, 0) is 24.6 Å². The van der Waals surface area contributed by atoms with Crippen molar-refractivity contribution in [1.82, 2.24) is 15.3 Å². The van der Waals surface area contributed by atoms with Gasteiger partial charge in [0.25, 0.3) is 5.91 Å². The molecule has 0 fully saturated rings. The van der Waals surface area contributed by atoms with Crippen LogP contribution in [-0.4, -0.2) is 33.0 Å². The Morgan fingerprint density at radius 1 is 1.17 bits per heavy atom. The molecule has 2 rings (SSSR count). The van der Waals surface area contributed by atoms with Gasteiger partial charge >= 0.3 is 17.1 Å². The summed E-state index contributed by atoms with van der Waals surface area (Å²) >= 11 is 0. The number of aliphatic carboxylic acids is 1. The summed E-state index contributed by atoms with van der Waals surface area (Å²) in [7, 11) is 0. The van der Waals surface area contributed by atoms with Crippen LogP contribution in [0.3, 0.4) is 0 Å². The van der Waals surface area contributed by atoms with E-state index in [1.165, 1.54) is 18.2 Å². The first kappa shape index (κ1) is 16.5. The number of unbranched alkanes of at least 4 members (excludes halogenated alkanes) is 1. The maximum Gasteiger partial charge on any atom is 0.326 e. The molecular weight excluding hydrogens is 302 g/mol. The zero-order valence-corrected chi connectivity index (χ0v) is 12.5. The summed E-state index contributed by atoms with van der Waals surface area (Å²) in [5.74, 6) is -1.65. The minimum atomic E-state index is -1.09. The molecule has 0 spiro atoms. The van der Waals surface area contributed by atoms with E-state index in [9.17, 15) is 19.2 Å². The Labute approximate surface area is 130 Å². The van der Waals surface area contributed by atoms with Crippen molar-refractivity contribution in [2.24, 2.45) is 0 Å². The van der Waals surface area contributed by atoms with E-state index < -0.39 is 29.0 Å². The summed E-state index contributed by atoms with van der Waals surface area (Å²) in [5.41, 5.74) is -0.723. The molecular formula is C15H17N3O5. The molecule has 0 radical (unpaired) electrons. The van der Waals surface area contributed by atoms with E-state index in [0.717, 1.165) is 6.42 Å². The van der Waals surface area contributed by atoms with Crippen molar-refractivity contribution in [3.8, 4) is 0 Å². The topological polar surface area (TPSA) is 132 Å². The van der Waals surface area contributed by atoms with Gasteiger partial charge < -0.3 is 20.4 Å². The number of hydrogen-bond donors (Lipinski definition) is 4. The van der Waals surface area contributed by atoms with Gasteiger partial charge in [-0.3, -0.25) is 14.4 Å². The SMILES string of the molecule is CCCCC(NC(=O)c1ccc2[nH]c(=O)c(=O)[nH]c2c1)C(=O)O. The molecule has 1 heterocycles. The molecule has 0 saturated carbocycles. The van der Waals surface area contributed by atoms with Gasteiger partial charge in [0.2, 0.25) is 0 Å². The van der Waals surface area contributed by atoms with Crippen molar-refractivity contribution < 1.29 is 14.7 Å². The predicted molar refractivity (Wildman–Crippen MR) is 83.6 cm³/mol. The lowest BCUT2D eigenvalue weighted by Crippen LogP contribution is -2.40. The Kier molecular flexibility index (Phi) is 4.95. The van der Waals surface area contributed by atoms with Crippen LogP contribution in [0, 0.1) is 0 Å². The van der Waals surface area contributed by atoms with Gasteiger partial charge in [-0.25, -0.2) is 4.79 Å². The number of nitrogens with one attached hydrogen (secondary N) is 3. The van der Waals surface area contributed by atoms with Crippen LogP contribution in [0.15, 0.2) is 27.8 Å². The number of hydrogen-bond acceptors (Lipinski definition) is 4. The third-order valence-electron chi connectivity index (χ3n) is 3.43. The maximum absolute atomic E-state index is 12.2. The number of carbonyl (C=O) groups is 2. The zero-order chi connectivity index (χ0) is 17.0. The van der Waals surface area contributed by atoms with Gasteiger partial charge in [0, 0.05) is 5.56 Å². The number of H-pyrrole nitrogens is 2. The van der Waals surface area contributed by atoms with Crippen LogP contribution in [0.5, 0.6) is 0 Å². The zero-order valence-electron chi connectivity index (χ0n) is 12.5. The summed E-state index contributed by atoms with van der Waals surface area (Å²) in [5, 5.41) is 11.6. The van der Waals surface area contributed by atoms with Crippen molar-refractivity contribution >= 4 is 22.9 Å². The summed E-state index contributed by atoms with van der Waals surface area (Å²) < 4.78 is 0. The average Bonchev–Trinajstić information content (AvgIpc) is 2.51. The second-order valence-corrected chi connectivity index (χ2v) is 5.18. The molecule has 0 saturated heterocycles. The molecule has 1 amide bonds. The third kappa shape index (κ3) is 3.85. The first-order valence-corrected chi connectivity index (χ1v) is 7.22. The second-order valence-electron chi connectivity index (χ2n) is 5.18. The highest BCUT2D eigenvalue weighted by atomic mass is 16.4. The lowest BCUT2D eigenvalue weighted by Gasteiger charge is -2.14. The number of amides is 1. The molecule has 0 aliphatic rings. The lowest BCUT2D eigenvalue weighted by molar-refractivity contribution is -0.139. The third-order valence-corrected chi connectivity index (χ3v) is 3.43. The van der Waals surface area contributed by atoms with Crippen LogP contribution in [-0.2, 0) is 4.79 Å². The monoisotopic (exact) mass is 319 g/mol. The van der Waals surface area contributed by atoms with Crippen molar-refractivity contribution in [3.63, 3.8) is 0 Å². The molecule has 0 bridgehead atoms. The lowest BCUT2D eigenvalue weighted by atomic mass is 10.1. The number of aromatic amines is 2. The van der Waals surface area contributed by atoms with Gasteiger partial charge in [0.1, 0.15) is 6.04 Å². The van der Waals surface area contributed by atoms with Crippen molar-refractivity contribution in [3.05, 3.63) is 44.5 Å². The Morgan fingerprint density at radius 2 is 1.83 bits per heavy atom. The van der Waals surface area contributed by atoms with E-state index >= 15 is 0 Å². The van der Waals surface area contributed by atoms with Crippen LogP contribution in [0.2, 0.25) is 0 Å². The number of carbonyl (C=O) groups excluding carboxylic acids is 1. The molecule has 0 aliphatic carbocycles. The fourth-order valence-electron chi connectivity index (χ4n) is 2.16. The van der Waals surface area contributed by atoms with Gasteiger partial charge in [-0.1, -0.05) is 19.8 Å². The Bertz CT molecular complexity index is 852. The minimum Gasteiger partial charge on any atom is -0.480 e. The largest absolute Gasteiger partial charge is 0.480 e. The fourth-order valence-corrected chi connectivity index (χ4v) is 2.16. The first-order chi connectivity index (χ1) is 10.9. The highest BCUT2D eigenvalue weighted by Gasteiger charge is 2.20. The number of aromatic nitrogens is 2. The highest BCUT2D eigenvalue weighted by Crippen LogP contribution is 2.10. The van der Waals surface area contributed by atoms with Gasteiger partial charge in [-0.15, -0.1) is 0 Å². The quantitative estimate of drug-likeness (QED) is 0.578. The molecule has 122 valence electrons. The molecule has 2 aromatic rings. The minimum absolute atomic E-state index is 0.197. The summed E-state index contributed by atoms with van der Waals surface area (Å²) in [6.45, 7) is 1.93. The molecule has 1 aromatic carbocycles. The van der Waals surface area contributed by atoms with Crippen LogP contribution in [0.25, 0.3) is 11.0 Å². The summed E-state index contributed by atoms with van der Waals surface area (Å²) in [6.07, 6.45) is 1.85. The summed E-state index contributed by atoms with van der Waals surface area (Å²) in [6, 6.07) is 3.35. The second kappa shape index (κ2) is 6.91. The summed E-state index contributed by atoms with van der Waals surface area (Å²) in [4.78, 5) is 50.6. The van der Waals surface area contributed by atoms with Crippen LogP contribution < -0.4 is 16.4 Å². The smallest absolute Gasteiger partial charge is 0.326 e. The van der Waals surface area contributed by atoms with Crippen LogP contribution in [0.4, 0.5) is 0 Å². The number of carboxylic acids is 1. The molecule has 0 aliphatic heterocycles. The van der Waals surface area contributed by atoms with Crippen molar-refractivity contribution in [2.75, 3.05) is 0 Å². The van der Waals surface area contributed by atoms with Crippen molar-refractivity contribution in [2.45, 2.75) is 32.2 Å². The normalized spacial score (nSPS) is 12.0. The molecule has 1 atom stereocenters. The Morgan fingerprint density at radius 3 is 2.43 bits per heavy atom. The van der Waals surface area contributed by atoms with Crippen molar-refractivity contribution in [1.29, 1.82) is 0 Å². The van der Waals surface area contributed by atoms with Crippen LogP contribution in [0.1, 0.15) is 36.5 Å². The van der Waals surface area contributed by atoms with E-state index in [2.05, 4.69) is 15.3 Å². The molecule has 8 heteroatoms. The van der Waals surface area contributed by atoms with Gasteiger partial charge in [0.05, 0.1) is 11.0 Å². The van der Waals surface area contributed by atoms with E-state index in [-0.39, 0.29) is 5.56 Å². The fraction of sp³-hybridized carbons (Fsp3) is 0.333. The van der Waals surface area contributed by atoms with E-state index in [4.69, 9.17) is 5.11 Å². The van der Waals surface area contributed by atoms with E-state index in [1.54, 1.807) is 0 Å². The Balaban J connectivity index is 2.26. The average molecular weight is 319 g/mol. The first-order valence-electron chi connectivity index (χ1n) is 7.22. The van der Waals surface area contributed by atoms with E-state index in [0.29, 0.717) is 23.9 Å². The van der Waals surface area contributed by atoms with Crippen LogP contribution >= 0.6 is 0 Å². The van der Waals surface area contributed by atoms with E-state index in [1.807, 2.05) is 6.92 Å². The number of carboxylic acid groups (broad SMARTS) is 1. The van der Waals surface area contributed by atoms with Gasteiger partial charge in [0.15, 0.2) is 0 Å². The number of benzene rings is 1. The molecule has 8 nitrogen and oxygen atoms in total. The molecule has 4 N–H and O–H groups in total. The standard InChI is InChI=1S/C15H17N3O5/c1-2-3-4-10(15(22)23)17-12(19)8-5-6-9-11(7-8)18-14(21)13(20)16-9/h5-7,10H,2-4H2,1H3,(H,16,20)(H,17,19)(H,18,21)(H,22,23). The number of fused-ring (bicyclic) bond motifs is 1. The maximum atomic E-state index is 12.2. The van der Waals surface area contributed by atoms with Gasteiger partial charge in [-0.2, -0.15) is 0 Å².